The summed E-state index contributed by atoms with van der Waals surface area (Å²) in [6.07, 6.45) is 2.68. The summed E-state index contributed by atoms with van der Waals surface area (Å²) < 4.78 is 0. The van der Waals surface area contributed by atoms with E-state index in [0.29, 0.717) is 0 Å². The number of piperazine rings is 1. The number of guanidine groups is 1. The van der Waals surface area contributed by atoms with Gasteiger partial charge in [-0.25, -0.2) is 0 Å². The van der Waals surface area contributed by atoms with E-state index >= 15 is 0 Å². The number of rotatable bonds is 8. The molecule has 0 radical (unpaired) electrons. The monoisotopic (exact) mass is 576 g/mol. The van der Waals surface area contributed by atoms with Crippen LogP contribution in [0.4, 0.5) is 0 Å². The lowest BCUT2D eigenvalue weighted by Gasteiger charge is -2.32. The van der Waals surface area contributed by atoms with E-state index in [0.717, 1.165) is 58.3 Å². The van der Waals surface area contributed by atoms with Crippen LogP contribution in [0, 0.1) is 0 Å². The first-order valence-electron chi connectivity index (χ1n) is 12.4. The highest BCUT2D eigenvalue weighted by atomic mass is 127. The first kappa shape index (κ1) is 26.9. The number of hydrogen-bond donors (Lipinski definition) is 2. The molecule has 0 amide bonds. The van der Waals surface area contributed by atoms with Gasteiger partial charge in [-0.05, 0) is 55.2 Å². The first-order valence-corrected chi connectivity index (χ1v) is 12.4. The number of likely N-dealkylation sites (tertiary alicyclic amines) is 1. The van der Waals surface area contributed by atoms with Crippen molar-refractivity contribution in [1.82, 2.24) is 25.3 Å². The molecule has 0 bridgehead atoms. The maximum absolute atomic E-state index is 4.38. The predicted molar refractivity (Wildman–Crippen MR) is 153 cm³/mol. The highest BCUT2D eigenvalue weighted by Gasteiger charge is 2.14. The van der Waals surface area contributed by atoms with Gasteiger partial charge in [-0.2, -0.15) is 0 Å². The summed E-state index contributed by atoms with van der Waals surface area (Å²) in [6, 6.07) is 17.9. The molecule has 0 saturated carbocycles. The Labute approximate surface area is 222 Å². The third-order valence-corrected chi connectivity index (χ3v) is 6.80. The fourth-order valence-electron chi connectivity index (χ4n) is 4.58. The molecule has 6 nitrogen and oxygen atoms in total. The van der Waals surface area contributed by atoms with Gasteiger partial charge in [-0.3, -0.25) is 14.8 Å². The fourth-order valence-corrected chi connectivity index (χ4v) is 4.58. The van der Waals surface area contributed by atoms with E-state index < -0.39 is 0 Å². The molecule has 34 heavy (non-hydrogen) atoms. The second-order valence-electron chi connectivity index (χ2n) is 9.47. The molecule has 0 aliphatic carbocycles. The van der Waals surface area contributed by atoms with Crippen molar-refractivity contribution >= 4 is 29.9 Å². The summed E-state index contributed by atoms with van der Waals surface area (Å²) in [5.41, 5.74) is 5.33. The molecule has 7 heteroatoms. The van der Waals surface area contributed by atoms with E-state index in [1.165, 1.54) is 48.2 Å². The van der Waals surface area contributed by atoms with Crippen molar-refractivity contribution < 1.29 is 0 Å². The maximum atomic E-state index is 4.38. The van der Waals surface area contributed by atoms with E-state index in [9.17, 15) is 0 Å². The average Bonchev–Trinajstić information content (AvgIpc) is 3.36. The van der Waals surface area contributed by atoms with Gasteiger partial charge in [0.15, 0.2) is 5.96 Å². The van der Waals surface area contributed by atoms with Crippen LogP contribution in [0.3, 0.4) is 0 Å². The molecule has 2 fully saturated rings. The van der Waals surface area contributed by atoms with Crippen molar-refractivity contribution in [3.8, 4) is 0 Å². The van der Waals surface area contributed by atoms with Gasteiger partial charge in [0, 0.05) is 59.4 Å². The Morgan fingerprint density at radius 2 is 1.09 bits per heavy atom. The zero-order valence-corrected chi connectivity index (χ0v) is 23.1. The van der Waals surface area contributed by atoms with E-state index in [2.05, 4.69) is 85.9 Å². The Hall–Kier alpha value is -1.68. The highest BCUT2D eigenvalue weighted by molar-refractivity contribution is 14.0. The summed E-state index contributed by atoms with van der Waals surface area (Å²) in [5, 5.41) is 6.87. The van der Waals surface area contributed by atoms with Crippen molar-refractivity contribution in [2.45, 2.75) is 39.0 Å². The standard InChI is InChI=1S/C27H40N6.HI/c1-28-27(29-19-23-5-9-25(10-6-23)21-32-13-3-4-14-32)30-20-24-7-11-26(12-8-24)22-33-17-15-31(2)16-18-33;/h5-12H,3-4,13-22H2,1-2H3,(H2,28,29,30);1H. The summed E-state index contributed by atoms with van der Waals surface area (Å²) in [6.45, 7) is 10.8. The van der Waals surface area contributed by atoms with Crippen LogP contribution in [0.15, 0.2) is 53.5 Å². The molecule has 2 N–H and O–H groups in total. The molecule has 2 aromatic rings. The Kier molecular flexibility index (Phi) is 11.1. The van der Waals surface area contributed by atoms with Crippen LogP contribution in [0.5, 0.6) is 0 Å². The summed E-state index contributed by atoms with van der Waals surface area (Å²) in [5.74, 6) is 0.831. The van der Waals surface area contributed by atoms with Gasteiger partial charge in [0.05, 0.1) is 0 Å². The normalized spacial score (nSPS) is 18.0. The van der Waals surface area contributed by atoms with Crippen LogP contribution >= 0.6 is 24.0 Å². The van der Waals surface area contributed by atoms with Crippen LogP contribution in [-0.4, -0.2) is 74.0 Å². The second-order valence-corrected chi connectivity index (χ2v) is 9.47. The molecular weight excluding hydrogens is 535 g/mol. The van der Waals surface area contributed by atoms with Crippen LogP contribution in [0.25, 0.3) is 0 Å². The van der Waals surface area contributed by atoms with Gasteiger partial charge in [-0.15, -0.1) is 24.0 Å². The Balaban J connectivity index is 0.00000324. The summed E-state index contributed by atoms with van der Waals surface area (Å²) in [4.78, 5) is 11.9. The lowest BCUT2D eigenvalue weighted by atomic mass is 10.1. The summed E-state index contributed by atoms with van der Waals surface area (Å²) in [7, 11) is 4.03. The molecular formula is C27H41IN6. The predicted octanol–water partition coefficient (Wildman–Crippen LogP) is 3.51. The van der Waals surface area contributed by atoms with Crippen molar-refractivity contribution in [2.24, 2.45) is 4.99 Å². The fraction of sp³-hybridized carbons (Fsp3) is 0.519. The number of nitrogens with zero attached hydrogens (tertiary/aromatic N) is 4. The van der Waals surface area contributed by atoms with E-state index in [4.69, 9.17) is 0 Å². The zero-order chi connectivity index (χ0) is 22.9. The average molecular weight is 577 g/mol. The molecule has 2 aliphatic rings. The molecule has 2 saturated heterocycles. The van der Waals surface area contributed by atoms with Crippen LogP contribution in [0.1, 0.15) is 35.1 Å². The molecule has 2 heterocycles. The topological polar surface area (TPSA) is 46.1 Å². The molecule has 186 valence electrons. The van der Waals surface area contributed by atoms with Gasteiger partial charge >= 0.3 is 0 Å². The highest BCUT2D eigenvalue weighted by Crippen LogP contribution is 2.13. The van der Waals surface area contributed by atoms with Crippen molar-refractivity contribution in [2.75, 3.05) is 53.4 Å². The lowest BCUT2D eigenvalue weighted by Crippen LogP contribution is -2.43. The first-order chi connectivity index (χ1) is 16.2. The maximum Gasteiger partial charge on any atom is 0.191 e. The molecule has 2 aromatic carbocycles. The van der Waals surface area contributed by atoms with E-state index in [1.54, 1.807) is 0 Å². The number of halogens is 1. The van der Waals surface area contributed by atoms with Gasteiger partial charge < -0.3 is 15.5 Å². The Bertz CT molecular complexity index is 869. The molecule has 0 spiro atoms. The third kappa shape index (κ3) is 8.52. The summed E-state index contributed by atoms with van der Waals surface area (Å²) >= 11 is 0. The number of benzene rings is 2. The minimum atomic E-state index is 0. The molecule has 0 unspecified atom stereocenters. The number of nitrogens with one attached hydrogen (secondary N) is 2. The quantitative estimate of drug-likeness (QED) is 0.286. The SMILES string of the molecule is CN=C(NCc1ccc(CN2CCCC2)cc1)NCc1ccc(CN2CCN(C)CC2)cc1.I. The molecule has 4 rings (SSSR count). The molecule has 0 atom stereocenters. The van der Waals surface area contributed by atoms with Crippen LogP contribution in [-0.2, 0) is 26.2 Å². The number of aliphatic imine (C=N–C) groups is 1. The van der Waals surface area contributed by atoms with Crippen LogP contribution < -0.4 is 10.6 Å². The van der Waals surface area contributed by atoms with Gasteiger partial charge in [0.25, 0.3) is 0 Å². The number of likely N-dealkylation sites (N-methyl/N-ethyl adjacent to an activating group) is 1. The van der Waals surface area contributed by atoms with Gasteiger partial charge in [0.2, 0.25) is 0 Å². The molecule has 2 aliphatic heterocycles. The van der Waals surface area contributed by atoms with E-state index in [-0.39, 0.29) is 24.0 Å². The van der Waals surface area contributed by atoms with Crippen molar-refractivity contribution in [3.63, 3.8) is 0 Å². The van der Waals surface area contributed by atoms with Gasteiger partial charge in [-0.1, -0.05) is 48.5 Å². The largest absolute Gasteiger partial charge is 0.352 e. The Morgan fingerprint density at radius 3 is 1.53 bits per heavy atom. The van der Waals surface area contributed by atoms with Crippen molar-refractivity contribution in [3.05, 3.63) is 70.8 Å². The molecule has 0 aromatic heterocycles. The third-order valence-electron chi connectivity index (χ3n) is 6.80. The van der Waals surface area contributed by atoms with E-state index in [1.807, 2.05) is 7.05 Å². The number of hydrogen-bond acceptors (Lipinski definition) is 4. The Morgan fingerprint density at radius 1 is 0.676 bits per heavy atom. The second kappa shape index (κ2) is 14.0. The minimum Gasteiger partial charge on any atom is -0.352 e. The van der Waals surface area contributed by atoms with Gasteiger partial charge in [0.1, 0.15) is 0 Å². The van der Waals surface area contributed by atoms with Crippen LogP contribution in [0.2, 0.25) is 0 Å². The smallest absolute Gasteiger partial charge is 0.191 e. The lowest BCUT2D eigenvalue weighted by molar-refractivity contribution is 0.148. The zero-order valence-electron chi connectivity index (χ0n) is 20.8. The van der Waals surface area contributed by atoms with Crippen molar-refractivity contribution in [1.29, 1.82) is 0 Å². The minimum absolute atomic E-state index is 0.